The Labute approximate surface area is 104 Å². The van der Waals surface area contributed by atoms with Crippen LogP contribution in [0.25, 0.3) is 0 Å². The van der Waals surface area contributed by atoms with E-state index in [0.29, 0.717) is 16.8 Å². The monoisotopic (exact) mass is 240 g/mol. The fraction of sp³-hybridized carbons (Fsp3) is 0.0714. The van der Waals surface area contributed by atoms with Gasteiger partial charge in [0.05, 0.1) is 5.69 Å². The molecule has 0 saturated carbocycles. The first kappa shape index (κ1) is 11.0. The zero-order valence-corrected chi connectivity index (χ0v) is 9.58. The van der Waals surface area contributed by atoms with Gasteiger partial charge in [-0.3, -0.25) is 4.79 Å². The first-order valence-electron chi connectivity index (χ1n) is 5.62. The molecule has 1 atom stereocenters. The van der Waals surface area contributed by atoms with Gasteiger partial charge >= 0.3 is 0 Å². The number of hydrazine groups is 1. The molecule has 0 bridgehead atoms. The van der Waals surface area contributed by atoms with Gasteiger partial charge in [-0.1, -0.05) is 48.5 Å². The van der Waals surface area contributed by atoms with E-state index >= 15 is 0 Å². The van der Waals surface area contributed by atoms with Crippen LogP contribution in [0.3, 0.4) is 0 Å². The number of anilines is 1. The second-order valence-corrected chi connectivity index (χ2v) is 4.27. The molecule has 0 spiro atoms. The van der Waals surface area contributed by atoms with Gasteiger partial charge in [-0.2, -0.15) is 0 Å². The minimum Gasteiger partial charge on any atom is -0.372 e. The summed E-state index contributed by atoms with van der Waals surface area (Å²) in [5.41, 5.74) is -0.111. The lowest BCUT2D eigenvalue weighted by Gasteiger charge is -2.21. The average molecular weight is 240 g/mol. The normalized spacial score (nSPS) is 22.1. The van der Waals surface area contributed by atoms with Crippen molar-refractivity contribution in [2.24, 2.45) is 5.84 Å². The summed E-state index contributed by atoms with van der Waals surface area (Å²) in [6.45, 7) is 0. The van der Waals surface area contributed by atoms with Crippen LogP contribution in [0.1, 0.15) is 11.1 Å². The van der Waals surface area contributed by atoms with Crippen LogP contribution >= 0.6 is 0 Å². The number of benzene rings is 2. The molecule has 90 valence electrons. The number of amides is 1. The van der Waals surface area contributed by atoms with Gasteiger partial charge < -0.3 is 5.11 Å². The van der Waals surface area contributed by atoms with Crippen molar-refractivity contribution in [1.82, 2.24) is 0 Å². The summed E-state index contributed by atoms with van der Waals surface area (Å²) < 4.78 is 0. The number of para-hydroxylation sites is 1. The lowest BCUT2D eigenvalue weighted by atomic mass is 9.88. The van der Waals surface area contributed by atoms with Crippen molar-refractivity contribution < 1.29 is 9.90 Å². The molecule has 2 aromatic carbocycles. The van der Waals surface area contributed by atoms with Gasteiger partial charge in [0.15, 0.2) is 5.60 Å². The number of carbonyl (C=O) groups excluding carboxylic acids is 1. The van der Waals surface area contributed by atoms with E-state index in [9.17, 15) is 9.90 Å². The van der Waals surface area contributed by atoms with Crippen molar-refractivity contribution in [3.63, 3.8) is 0 Å². The first-order chi connectivity index (χ1) is 8.65. The Morgan fingerprint density at radius 1 is 1.00 bits per heavy atom. The number of hydrogen-bond donors (Lipinski definition) is 2. The van der Waals surface area contributed by atoms with Crippen molar-refractivity contribution in [2.45, 2.75) is 5.60 Å². The molecule has 1 aliphatic rings. The van der Waals surface area contributed by atoms with Gasteiger partial charge in [0, 0.05) is 5.56 Å². The average Bonchev–Trinajstić information content (AvgIpc) is 2.64. The molecule has 0 saturated heterocycles. The van der Waals surface area contributed by atoms with Crippen molar-refractivity contribution >= 4 is 11.6 Å². The Morgan fingerprint density at radius 3 is 2.33 bits per heavy atom. The molecule has 4 nitrogen and oxygen atoms in total. The highest BCUT2D eigenvalue weighted by Crippen LogP contribution is 2.42. The molecule has 0 aliphatic carbocycles. The number of carbonyl (C=O) groups is 1. The zero-order chi connectivity index (χ0) is 12.8. The van der Waals surface area contributed by atoms with Crippen LogP contribution in [-0.2, 0) is 10.4 Å². The smallest absolute Gasteiger partial charge is 0.282 e. The lowest BCUT2D eigenvalue weighted by molar-refractivity contribution is -0.132. The summed E-state index contributed by atoms with van der Waals surface area (Å²) in [5, 5.41) is 11.8. The molecule has 1 heterocycles. The Hall–Kier alpha value is -2.17. The number of hydrogen-bond acceptors (Lipinski definition) is 3. The summed E-state index contributed by atoms with van der Waals surface area (Å²) in [6, 6.07) is 15.8. The highest BCUT2D eigenvalue weighted by atomic mass is 16.3. The molecule has 0 aromatic heterocycles. The fourth-order valence-corrected chi connectivity index (χ4v) is 2.35. The summed E-state index contributed by atoms with van der Waals surface area (Å²) in [5.74, 6) is 5.19. The molecule has 1 amide bonds. The molecular formula is C14H12N2O2. The van der Waals surface area contributed by atoms with Crippen molar-refractivity contribution in [1.29, 1.82) is 0 Å². The fourth-order valence-electron chi connectivity index (χ4n) is 2.35. The summed E-state index contributed by atoms with van der Waals surface area (Å²) in [7, 11) is 0. The van der Waals surface area contributed by atoms with E-state index in [1.165, 1.54) is 0 Å². The predicted octanol–water partition coefficient (Wildman–Crippen LogP) is 1.14. The Bertz CT molecular complexity index is 612. The second kappa shape index (κ2) is 3.66. The summed E-state index contributed by atoms with van der Waals surface area (Å²) in [6.07, 6.45) is 0. The minimum absolute atomic E-state index is 0.517. The van der Waals surface area contributed by atoms with Crippen LogP contribution in [0.15, 0.2) is 54.6 Å². The van der Waals surface area contributed by atoms with Crippen molar-refractivity contribution in [3.05, 3.63) is 65.7 Å². The number of nitrogens with zero attached hydrogens (tertiary/aromatic N) is 1. The van der Waals surface area contributed by atoms with Crippen LogP contribution in [0, 0.1) is 0 Å². The Balaban J connectivity index is 2.27. The van der Waals surface area contributed by atoms with Crippen LogP contribution in [0.2, 0.25) is 0 Å². The molecule has 1 aliphatic heterocycles. The molecule has 3 N–H and O–H groups in total. The zero-order valence-electron chi connectivity index (χ0n) is 9.58. The van der Waals surface area contributed by atoms with Crippen molar-refractivity contribution in [2.75, 3.05) is 5.01 Å². The third-order valence-corrected chi connectivity index (χ3v) is 3.27. The number of rotatable bonds is 1. The maximum absolute atomic E-state index is 12.2. The summed E-state index contributed by atoms with van der Waals surface area (Å²) >= 11 is 0. The van der Waals surface area contributed by atoms with Gasteiger partial charge in [0.2, 0.25) is 0 Å². The van der Waals surface area contributed by atoms with E-state index < -0.39 is 11.5 Å². The third kappa shape index (κ3) is 1.24. The molecule has 0 radical (unpaired) electrons. The standard InChI is InChI=1S/C14H12N2O2/c15-16-12-9-5-4-8-11(12)14(18,13(16)17)10-6-2-1-3-7-10/h1-9,18H,15H2/t14-/m1/s1. The number of fused-ring (bicyclic) bond motifs is 1. The van der Waals surface area contributed by atoms with E-state index in [2.05, 4.69) is 0 Å². The number of aliphatic hydroxyl groups is 1. The van der Waals surface area contributed by atoms with Crippen LogP contribution in [0.4, 0.5) is 5.69 Å². The summed E-state index contributed by atoms with van der Waals surface area (Å²) in [4.78, 5) is 12.2. The maximum Gasteiger partial charge on any atom is 0.282 e. The minimum atomic E-state index is -1.69. The molecule has 2 aromatic rings. The van der Waals surface area contributed by atoms with Crippen molar-refractivity contribution in [3.8, 4) is 0 Å². The molecule has 0 unspecified atom stereocenters. The van der Waals surface area contributed by atoms with Crippen LogP contribution in [0.5, 0.6) is 0 Å². The molecule has 18 heavy (non-hydrogen) atoms. The Morgan fingerprint density at radius 2 is 1.61 bits per heavy atom. The van der Waals surface area contributed by atoms with Gasteiger partial charge in [0.1, 0.15) is 0 Å². The highest BCUT2D eigenvalue weighted by Gasteiger charge is 2.50. The third-order valence-electron chi connectivity index (χ3n) is 3.27. The number of nitrogens with two attached hydrogens (primary N) is 1. The topological polar surface area (TPSA) is 66.6 Å². The van der Waals surface area contributed by atoms with E-state index in [0.717, 1.165) is 5.01 Å². The van der Waals surface area contributed by atoms with E-state index in [-0.39, 0.29) is 0 Å². The lowest BCUT2D eigenvalue weighted by Crippen LogP contribution is -2.44. The van der Waals surface area contributed by atoms with Crippen LogP contribution < -0.4 is 10.9 Å². The largest absolute Gasteiger partial charge is 0.372 e. The first-order valence-corrected chi connectivity index (χ1v) is 5.62. The molecule has 0 fully saturated rings. The highest BCUT2D eigenvalue weighted by molar-refractivity contribution is 6.08. The molecule has 3 rings (SSSR count). The van der Waals surface area contributed by atoms with Gasteiger partial charge in [-0.15, -0.1) is 0 Å². The predicted molar refractivity (Wildman–Crippen MR) is 67.6 cm³/mol. The van der Waals surface area contributed by atoms with E-state index in [1.807, 2.05) is 6.07 Å². The Kier molecular flexibility index (Phi) is 2.23. The SMILES string of the molecule is NN1C(=O)[C@@](O)(c2ccccc2)c2ccccc21. The molecular weight excluding hydrogens is 228 g/mol. The van der Waals surface area contributed by atoms with Gasteiger partial charge in [-0.05, 0) is 11.6 Å². The second-order valence-electron chi connectivity index (χ2n) is 4.27. The van der Waals surface area contributed by atoms with Crippen LogP contribution in [-0.4, -0.2) is 11.0 Å². The quantitative estimate of drug-likeness (QED) is 0.580. The van der Waals surface area contributed by atoms with Gasteiger partial charge in [-0.25, -0.2) is 10.9 Å². The van der Waals surface area contributed by atoms with E-state index in [1.54, 1.807) is 48.5 Å². The maximum atomic E-state index is 12.2. The molecule has 4 heteroatoms. The van der Waals surface area contributed by atoms with E-state index in [4.69, 9.17) is 5.84 Å². The van der Waals surface area contributed by atoms with Gasteiger partial charge in [0.25, 0.3) is 5.91 Å².